The molecule has 0 amide bonds. The maximum Gasteiger partial charge on any atom is 0.148 e. The first kappa shape index (κ1) is 14.1. The molecule has 1 saturated heterocycles. The van der Waals surface area contributed by atoms with E-state index in [-0.39, 0.29) is 0 Å². The van der Waals surface area contributed by atoms with Gasteiger partial charge in [0, 0.05) is 25.1 Å². The van der Waals surface area contributed by atoms with Crippen LogP contribution in [0.4, 0.5) is 11.6 Å². The lowest BCUT2D eigenvalue weighted by molar-refractivity contribution is 0.521. The molecule has 19 heavy (non-hydrogen) atoms. The van der Waals surface area contributed by atoms with Crippen molar-refractivity contribution < 1.29 is 0 Å². The van der Waals surface area contributed by atoms with E-state index in [1.165, 1.54) is 19.3 Å². The SMILES string of the molecule is CCc1nc(NN)c(C)c(N2CCCC(C)CC2)n1. The van der Waals surface area contributed by atoms with E-state index >= 15 is 0 Å². The summed E-state index contributed by atoms with van der Waals surface area (Å²) in [7, 11) is 0. The summed E-state index contributed by atoms with van der Waals surface area (Å²) in [5.41, 5.74) is 3.75. The number of nitrogens with two attached hydrogens (primary N) is 1. The number of hydrazine groups is 1. The number of hydrogen-bond acceptors (Lipinski definition) is 5. The second-order valence-corrected chi connectivity index (χ2v) is 5.46. The summed E-state index contributed by atoms with van der Waals surface area (Å²) in [5, 5.41) is 0. The molecule has 5 heteroatoms. The van der Waals surface area contributed by atoms with Gasteiger partial charge in [0.1, 0.15) is 17.5 Å². The van der Waals surface area contributed by atoms with Crippen LogP contribution in [-0.4, -0.2) is 23.1 Å². The van der Waals surface area contributed by atoms with Crippen LogP contribution in [0, 0.1) is 12.8 Å². The van der Waals surface area contributed by atoms with Gasteiger partial charge in [-0.1, -0.05) is 13.8 Å². The molecule has 1 unspecified atom stereocenters. The van der Waals surface area contributed by atoms with Gasteiger partial charge < -0.3 is 10.3 Å². The fraction of sp³-hybridized carbons (Fsp3) is 0.714. The van der Waals surface area contributed by atoms with Crippen molar-refractivity contribution in [2.45, 2.75) is 46.5 Å². The zero-order chi connectivity index (χ0) is 13.8. The van der Waals surface area contributed by atoms with Crippen molar-refractivity contribution in [3.63, 3.8) is 0 Å². The molecule has 1 fully saturated rings. The molecule has 5 nitrogen and oxygen atoms in total. The molecule has 3 N–H and O–H groups in total. The highest BCUT2D eigenvalue weighted by Crippen LogP contribution is 2.26. The highest BCUT2D eigenvalue weighted by atomic mass is 15.3. The Labute approximate surface area is 115 Å². The summed E-state index contributed by atoms with van der Waals surface area (Å²) in [4.78, 5) is 11.5. The number of nitrogens with zero attached hydrogens (tertiary/aromatic N) is 3. The minimum absolute atomic E-state index is 0.749. The quantitative estimate of drug-likeness (QED) is 0.647. The van der Waals surface area contributed by atoms with E-state index in [0.717, 1.165) is 48.5 Å². The number of aryl methyl sites for hydroxylation is 1. The van der Waals surface area contributed by atoms with Crippen molar-refractivity contribution in [1.82, 2.24) is 9.97 Å². The second kappa shape index (κ2) is 6.19. The summed E-state index contributed by atoms with van der Waals surface area (Å²) < 4.78 is 0. The highest BCUT2D eigenvalue weighted by molar-refractivity contribution is 5.58. The maximum atomic E-state index is 5.57. The van der Waals surface area contributed by atoms with Gasteiger partial charge in [0.25, 0.3) is 0 Å². The molecule has 2 heterocycles. The van der Waals surface area contributed by atoms with Gasteiger partial charge in [-0.05, 0) is 32.1 Å². The Hall–Kier alpha value is -1.36. The van der Waals surface area contributed by atoms with Crippen molar-refractivity contribution in [3.8, 4) is 0 Å². The Morgan fingerprint density at radius 3 is 2.79 bits per heavy atom. The van der Waals surface area contributed by atoms with Crippen LogP contribution in [0.25, 0.3) is 0 Å². The summed E-state index contributed by atoms with van der Waals surface area (Å²) in [6.45, 7) is 8.60. The van der Waals surface area contributed by atoms with Crippen molar-refractivity contribution in [1.29, 1.82) is 0 Å². The molecule has 0 radical (unpaired) electrons. The average molecular weight is 263 g/mol. The zero-order valence-electron chi connectivity index (χ0n) is 12.2. The molecule has 1 aliphatic rings. The van der Waals surface area contributed by atoms with Gasteiger partial charge >= 0.3 is 0 Å². The van der Waals surface area contributed by atoms with E-state index in [1.807, 2.05) is 6.92 Å². The minimum Gasteiger partial charge on any atom is -0.356 e. The Morgan fingerprint density at radius 1 is 1.32 bits per heavy atom. The summed E-state index contributed by atoms with van der Waals surface area (Å²) in [6.07, 6.45) is 4.60. The standard InChI is InChI=1S/C14H25N5/c1-4-12-16-13(18-15)11(3)14(17-12)19-8-5-6-10(2)7-9-19/h10H,4-9,15H2,1-3H3,(H,16,17,18). The van der Waals surface area contributed by atoms with E-state index in [4.69, 9.17) is 10.8 Å². The molecule has 1 aromatic rings. The lowest BCUT2D eigenvalue weighted by Crippen LogP contribution is -2.27. The van der Waals surface area contributed by atoms with Crippen molar-refractivity contribution in [2.24, 2.45) is 11.8 Å². The van der Waals surface area contributed by atoms with Crippen LogP contribution in [-0.2, 0) is 6.42 Å². The Balaban J connectivity index is 2.31. The molecule has 0 aliphatic carbocycles. The number of anilines is 2. The van der Waals surface area contributed by atoms with Gasteiger partial charge in [-0.15, -0.1) is 0 Å². The Morgan fingerprint density at radius 2 is 2.11 bits per heavy atom. The molecule has 0 bridgehead atoms. The van der Waals surface area contributed by atoms with E-state index in [1.54, 1.807) is 0 Å². The first-order valence-corrected chi connectivity index (χ1v) is 7.24. The largest absolute Gasteiger partial charge is 0.356 e. The van der Waals surface area contributed by atoms with E-state index in [2.05, 4.69) is 29.2 Å². The fourth-order valence-corrected chi connectivity index (χ4v) is 2.63. The first-order chi connectivity index (χ1) is 9.15. The van der Waals surface area contributed by atoms with Crippen molar-refractivity contribution in [2.75, 3.05) is 23.4 Å². The monoisotopic (exact) mass is 263 g/mol. The van der Waals surface area contributed by atoms with Gasteiger partial charge in [0.15, 0.2) is 0 Å². The zero-order valence-corrected chi connectivity index (χ0v) is 12.2. The van der Waals surface area contributed by atoms with Gasteiger partial charge in [0.05, 0.1) is 0 Å². The number of hydrogen-bond donors (Lipinski definition) is 2. The highest BCUT2D eigenvalue weighted by Gasteiger charge is 2.19. The number of nitrogens with one attached hydrogen (secondary N) is 1. The molecule has 0 aromatic carbocycles. The van der Waals surface area contributed by atoms with Crippen LogP contribution in [0.1, 0.15) is 44.5 Å². The van der Waals surface area contributed by atoms with Gasteiger partial charge in [-0.3, -0.25) is 0 Å². The second-order valence-electron chi connectivity index (χ2n) is 5.46. The molecule has 0 saturated carbocycles. The predicted molar refractivity (Wildman–Crippen MR) is 79.2 cm³/mol. The summed E-state index contributed by atoms with van der Waals surface area (Å²) in [6, 6.07) is 0. The Kier molecular flexibility index (Phi) is 4.58. The van der Waals surface area contributed by atoms with Crippen LogP contribution in [0.5, 0.6) is 0 Å². The topological polar surface area (TPSA) is 67.1 Å². The summed E-state index contributed by atoms with van der Waals surface area (Å²) in [5.74, 6) is 9.03. The third-order valence-electron chi connectivity index (χ3n) is 3.94. The van der Waals surface area contributed by atoms with Gasteiger partial charge in [-0.2, -0.15) is 0 Å². The average Bonchev–Trinajstić information content (AvgIpc) is 2.64. The first-order valence-electron chi connectivity index (χ1n) is 7.24. The van der Waals surface area contributed by atoms with Gasteiger partial charge in [-0.25, -0.2) is 15.8 Å². The van der Waals surface area contributed by atoms with Crippen LogP contribution < -0.4 is 16.2 Å². The lowest BCUT2D eigenvalue weighted by Gasteiger charge is -2.24. The smallest absolute Gasteiger partial charge is 0.148 e. The van der Waals surface area contributed by atoms with E-state index < -0.39 is 0 Å². The van der Waals surface area contributed by atoms with Crippen LogP contribution in [0.3, 0.4) is 0 Å². The van der Waals surface area contributed by atoms with Crippen molar-refractivity contribution in [3.05, 3.63) is 11.4 Å². The fourth-order valence-electron chi connectivity index (χ4n) is 2.63. The molecule has 0 spiro atoms. The Bertz CT molecular complexity index is 432. The van der Waals surface area contributed by atoms with E-state index in [0.29, 0.717) is 0 Å². The number of rotatable bonds is 3. The number of aromatic nitrogens is 2. The van der Waals surface area contributed by atoms with Crippen LogP contribution in [0.2, 0.25) is 0 Å². The van der Waals surface area contributed by atoms with Gasteiger partial charge in [0.2, 0.25) is 0 Å². The molecule has 2 rings (SSSR count). The van der Waals surface area contributed by atoms with Crippen LogP contribution in [0.15, 0.2) is 0 Å². The molecular weight excluding hydrogens is 238 g/mol. The van der Waals surface area contributed by atoms with Crippen molar-refractivity contribution >= 4 is 11.6 Å². The molecular formula is C14H25N5. The molecule has 1 atom stereocenters. The van der Waals surface area contributed by atoms with Crippen LogP contribution >= 0.6 is 0 Å². The minimum atomic E-state index is 0.749. The normalized spacial score (nSPS) is 20.2. The lowest BCUT2D eigenvalue weighted by atomic mass is 10.0. The third kappa shape index (κ3) is 3.15. The van der Waals surface area contributed by atoms with E-state index in [9.17, 15) is 0 Å². The molecule has 106 valence electrons. The predicted octanol–water partition coefficient (Wildman–Crippen LogP) is 2.26. The molecule has 1 aliphatic heterocycles. The third-order valence-corrected chi connectivity index (χ3v) is 3.94. The number of nitrogen functional groups attached to an aromatic ring is 1. The summed E-state index contributed by atoms with van der Waals surface area (Å²) >= 11 is 0. The molecule has 1 aromatic heterocycles. The maximum absolute atomic E-state index is 5.57.